The van der Waals surface area contributed by atoms with Gasteiger partial charge in [-0.1, -0.05) is 13.0 Å². The highest BCUT2D eigenvalue weighted by Gasteiger charge is 2.25. The van der Waals surface area contributed by atoms with Crippen molar-refractivity contribution in [2.24, 2.45) is 5.73 Å². The van der Waals surface area contributed by atoms with E-state index in [1.165, 1.54) is 24.8 Å². The molecule has 0 aliphatic carbocycles. The van der Waals surface area contributed by atoms with E-state index in [2.05, 4.69) is 29.8 Å². The first kappa shape index (κ1) is 12.4. The van der Waals surface area contributed by atoms with Crippen molar-refractivity contribution in [1.82, 2.24) is 4.98 Å². The Kier molecular flexibility index (Phi) is 4.00. The van der Waals surface area contributed by atoms with E-state index in [0.717, 1.165) is 18.8 Å². The van der Waals surface area contributed by atoms with Gasteiger partial charge < -0.3 is 10.6 Å². The Balaban J connectivity index is 2.24. The first-order valence-electron chi connectivity index (χ1n) is 6.68. The van der Waals surface area contributed by atoms with Crippen molar-refractivity contribution in [3.05, 3.63) is 23.9 Å². The molecule has 0 bridgehead atoms. The SMILES string of the molecule is CCC1CCCN1c1ncccc1CC(C)N. The van der Waals surface area contributed by atoms with Gasteiger partial charge in [0.2, 0.25) is 0 Å². The van der Waals surface area contributed by atoms with E-state index in [4.69, 9.17) is 5.73 Å². The number of pyridine rings is 1. The van der Waals surface area contributed by atoms with Crippen LogP contribution in [-0.4, -0.2) is 23.6 Å². The van der Waals surface area contributed by atoms with Crippen molar-refractivity contribution in [2.45, 2.75) is 51.6 Å². The van der Waals surface area contributed by atoms with Crippen molar-refractivity contribution in [2.75, 3.05) is 11.4 Å². The van der Waals surface area contributed by atoms with E-state index < -0.39 is 0 Å². The minimum Gasteiger partial charge on any atom is -0.353 e. The Labute approximate surface area is 104 Å². The monoisotopic (exact) mass is 233 g/mol. The van der Waals surface area contributed by atoms with Crippen LogP contribution < -0.4 is 10.6 Å². The summed E-state index contributed by atoms with van der Waals surface area (Å²) in [6.45, 7) is 5.46. The topological polar surface area (TPSA) is 42.2 Å². The van der Waals surface area contributed by atoms with Gasteiger partial charge in [0.25, 0.3) is 0 Å². The van der Waals surface area contributed by atoms with Crippen molar-refractivity contribution < 1.29 is 0 Å². The van der Waals surface area contributed by atoms with Crippen LogP contribution in [0.5, 0.6) is 0 Å². The van der Waals surface area contributed by atoms with Crippen LogP contribution in [0.2, 0.25) is 0 Å². The van der Waals surface area contributed by atoms with Crippen LogP contribution in [0.1, 0.15) is 38.7 Å². The quantitative estimate of drug-likeness (QED) is 0.868. The lowest BCUT2D eigenvalue weighted by Crippen LogP contribution is -2.31. The highest BCUT2D eigenvalue weighted by molar-refractivity contribution is 5.49. The fraction of sp³-hybridized carbons (Fsp3) is 0.643. The average molecular weight is 233 g/mol. The number of hydrogen-bond acceptors (Lipinski definition) is 3. The van der Waals surface area contributed by atoms with Crippen LogP contribution in [0.4, 0.5) is 5.82 Å². The second kappa shape index (κ2) is 5.50. The Morgan fingerprint density at radius 3 is 3.12 bits per heavy atom. The molecule has 3 nitrogen and oxygen atoms in total. The molecular weight excluding hydrogens is 210 g/mol. The lowest BCUT2D eigenvalue weighted by atomic mass is 10.1. The molecule has 1 aliphatic heterocycles. The Morgan fingerprint density at radius 1 is 1.59 bits per heavy atom. The first-order valence-corrected chi connectivity index (χ1v) is 6.68. The summed E-state index contributed by atoms with van der Waals surface area (Å²) in [6, 6.07) is 5.03. The van der Waals surface area contributed by atoms with Gasteiger partial charge in [-0.25, -0.2) is 4.98 Å². The number of hydrogen-bond donors (Lipinski definition) is 1. The van der Waals surface area contributed by atoms with Gasteiger partial charge in [0.05, 0.1) is 0 Å². The van der Waals surface area contributed by atoms with Gasteiger partial charge in [0.1, 0.15) is 5.82 Å². The summed E-state index contributed by atoms with van der Waals surface area (Å²) in [4.78, 5) is 7.05. The standard InChI is InChI=1S/C14H23N3/c1-3-13-7-5-9-17(13)14-12(10-11(2)15)6-4-8-16-14/h4,6,8,11,13H,3,5,7,9-10,15H2,1-2H3. The highest BCUT2D eigenvalue weighted by atomic mass is 15.2. The van der Waals surface area contributed by atoms with Gasteiger partial charge in [-0.3, -0.25) is 0 Å². The second-order valence-corrected chi connectivity index (χ2v) is 5.07. The van der Waals surface area contributed by atoms with Crippen LogP contribution in [0.25, 0.3) is 0 Å². The lowest BCUT2D eigenvalue weighted by Gasteiger charge is -2.27. The maximum Gasteiger partial charge on any atom is 0.132 e. The summed E-state index contributed by atoms with van der Waals surface area (Å²) in [5, 5.41) is 0. The zero-order valence-electron chi connectivity index (χ0n) is 10.9. The van der Waals surface area contributed by atoms with Crippen molar-refractivity contribution in [1.29, 1.82) is 0 Å². The van der Waals surface area contributed by atoms with E-state index >= 15 is 0 Å². The number of nitrogens with zero attached hydrogens (tertiary/aromatic N) is 2. The largest absolute Gasteiger partial charge is 0.353 e. The third-order valence-electron chi connectivity index (χ3n) is 3.53. The normalized spacial score (nSPS) is 21.8. The van der Waals surface area contributed by atoms with Gasteiger partial charge >= 0.3 is 0 Å². The number of aromatic nitrogens is 1. The zero-order chi connectivity index (χ0) is 12.3. The fourth-order valence-corrected chi connectivity index (χ4v) is 2.73. The first-order chi connectivity index (χ1) is 8.22. The van der Waals surface area contributed by atoms with Crippen molar-refractivity contribution >= 4 is 5.82 Å². The number of rotatable bonds is 4. The zero-order valence-corrected chi connectivity index (χ0v) is 10.9. The molecule has 2 heterocycles. The molecule has 2 rings (SSSR count). The van der Waals surface area contributed by atoms with E-state index in [1.54, 1.807) is 0 Å². The van der Waals surface area contributed by atoms with Crippen LogP contribution in [0.15, 0.2) is 18.3 Å². The van der Waals surface area contributed by atoms with Gasteiger partial charge in [-0.15, -0.1) is 0 Å². The molecule has 1 saturated heterocycles. The predicted molar refractivity (Wildman–Crippen MR) is 72.2 cm³/mol. The molecule has 2 N–H and O–H groups in total. The molecule has 3 heteroatoms. The third-order valence-corrected chi connectivity index (χ3v) is 3.53. The summed E-state index contributed by atoms with van der Waals surface area (Å²) < 4.78 is 0. The second-order valence-electron chi connectivity index (χ2n) is 5.07. The van der Waals surface area contributed by atoms with E-state index in [9.17, 15) is 0 Å². The summed E-state index contributed by atoms with van der Waals surface area (Å²) in [7, 11) is 0. The van der Waals surface area contributed by atoms with Gasteiger partial charge in [-0.2, -0.15) is 0 Å². The molecule has 0 spiro atoms. The molecule has 1 aromatic rings. The molecule has 2 unspecified atom stereocenters. The molecule has 0 aromatic carbocycles. The van der Waals surface area contributed by atoms with Crippen LogP contribution in [0.3, 0.4) is 0 Å². The minimum atomic E-state index is 0.195. The van der Waals surface area contributed by atoms with Gasteiger partial charge in [-0.05, 0) is 44.2 Å². The maximum absolute atomic E-state index is 5.91. The third kappa shape index (κ3) is 2.78. The fourth-order valence-electron chi connectivity index (χ4n) is 2.73. The average Bonchev–Trinajstić information content (AvgIpc) is 2.77. The number of anilines is 1. The summed E-state index contributed by atoms with van der Waals surface area (Å²) in [6.07, 6.45) is 6.59. The molecule has 1 fully saturated rings. The highest BCUT2D eigenvalue weighted by Crippen LogP contribution is 2.28. The Hall–Kier alpha value is -1.09. The maximum atomic E-state index is 5.91. The van der Waals surface area contributed by atoms with Crippen LogP contribution >= 0.6 is 0 Å². The molecule has 0 radical (unpaired) electrons. The Bertz CT molecular complexity index is 362. The summed E-state index contributed by atoms with van der Waals surface area (Å²) >= 11 is 0. The number of nitrogens with two attached hydrogens (primary N) is 1. The molecule has 1 aliphatic rings. The summed E-state index contributed by atoms with van der Waals surface area (Å²) in [5.74, 6) is 1.16. The van der Waals surface area contributed by atoms with E-state index in [-0.39, 0.29) is 6.04 Å². The lowest BCUT2D eigenvalue weighted by molar-refractivity contribution is 0.635. The van der Waals surface area contributed by atoms with E-state index in [0.29, 0.717) is 6.04 Å². The van der Waals surface area contributed by atoms with Crippen molar-refractivity contribution in [3.8, 4) is 0 Å². The molecule has 2 atom stereocenters. The Morgan fingerprint density at radius 2 is 2.41 bits per heavy atom. The van der Waals surface area contributed by atoms with Crippen molar-refractivity contribution in [3.63, 3.8) is 0 Å². The molecule has 17 heavy (non-hydrogen) atoms. The van der Waals surface area contributed by atoms with Gasteiger partial charge in [0, 0.05) is 24.8 Å². The molecule has 94 valence electrons. The molecule has 0 amide bonds. The summed E-state index contributed by atoms with van der Waals surface area (Å²) in [5.41, 5.74) is 7.21. The predicted octanol–water partition coefficient (Wildman–Crippen LogP) is 2.35. The van der Waals surface area contributed by atoms with Crippen LogP contribution in [-0.2, 0) is 6.42 Å². The van der Waals surface area contributed by atoms with Gasteiger partial charge in [0.15, 0.2) is 0 Å². The van der Waals surface area contributed by atoms with E-state index in [1.807, 2.05) is 12.3 Å². The van der Waals surface area contributed by atoms with Crippen LogP contribution in [0, 0.1) is 0 Å². The molecular formula is C14H23N3. The minimum absolute atomic E-state index is 0.195. The smallest absolute Gasteiger partial charge is 0.132 e. The molecule has 0 saturated carbocycles. The molecule has 1 aromatic heterocycles.